The predicted molar refractivity (Wildman–Crippen MR) is 92.9 cm³/mol. The Morgan fingerprint density at radius 3 is 3.12 bits per heavy atom. The molecule has 2 aromatic rings. The average Bonchev–Trinajstić information content (AvgIpc) is 3.04. The van der Waals surface area contributed by atoms with Gasteiger partial charge in [-0.05, 0) is 33.3 Å². The topological polar surface area (TPSA) is 56.1 Å². The zero-order valence-electron chi connectivity index (χ0n) is 14.6. The van der Waals surface area contributed by atoms with Crippen LogP contribution >= 0.6 is 0 Å². The molecule has 5 heteroatoms. The first-order valence-electron chi connectivity index (χ1n) is 8.62. The Kier molecular flexibility index (Phi) is 4.88. The van der Waals surface area contributed by atoms with Gasteiger partial charge in [0.05, 0.1) is 12.6 Å². The van der Waals surface area contributed by atoms with Crippen LogP contribution in [0.4, 0.5) is 0 Å². The lowest BCUT2D eigenvalue weighted by Crippen LogP contribution is -2.36. The second kappa shape index (κ2) is 7.07. The fraction of sp³-hybridized carbons (Fsp3) is 0.474. The van der Waals surface area contributed by atoms with Gasteiger partial charge >= 0.3 is 0 Å². The van der Waals surface area contributed by atoms with Crippen molar-refractivity contribution < 1.29 is 9.53 Å². The molecule has 2 heterocycles. The molecule has 1 amide bonds. The van der Waals surface area contributed by atoms with Gasteiger partial charge < -0.3 is 14.6 Å². The number of ether oxygens (including phenoxy) is 1. The van der Waals surface area contributed by atoms with E-state index in [1.54, 1.807) is 6.20 Å². The lowest BCUT2D eigenvalue weighted by molar-refractivity contribution is -0.126. The number of fused-ring (bicyclic) bond motifs is 1. The highest BCUT2D eigenvalue weighted by atomic mass is 16.5. The van der Waals surface area contributed by atoms with E-state index in [-0.39, 0.29) is 17.9 Å². The Morgan fingerprint density at radius 1 is 1.50 bits per heavy atom. The highest BCUT2D eigenvalue weighted by molar-refractivity contribution is 5.79. The number of rotatable bonds is 5. The molecule has 0 saturated heterocycles. The molecule has 2 unspecified atom stereocenters. The zero-order valence-corrected chi connectivity index (χ0v) is 14.6. The Labute approximate surface area is 143 Å². The van der Waals surface area contributed by atoms with Crippen LogP contribution in [-0.4, -0.2) is 22.1 Å². The minimum atomic E-state index is -0.0828. The number of nitrogens with one attached hydrogen (secondary N) is 1. The van der Waals surface area contributed by atoms with Gasteiger partial charge in [-0.1, -0.05) is 17.7 Å². The van der Waals surface area contributed by atoms with Crippen LogP contribution < -0.4 is 10.1 Å². The maximum absolute atomic E-state index is 12.7. The van der Waals surface area contributed by atoms with E-state index < -0.39 is 0 Å². The van der Waals surface area contributed by atoms with Crippen LogP contribution in [0.15, 0.2) is 30.6 Å². The molecule has 24 heavy (non-hydrogen) atoms. The molecule has 3 rings (SSSR count). The molecule has 0 saturated carbocycles. The van der Waals surface area contributed by atoms with Crippen molar-refractivity contribution in [1.82, 2.24) is 14.9 Å². The van der Waals surface area contributed by atoms with Crippen LogP contribution in [0.25, 0.3) is 0 Å². The van der Waals surface area contributed by atoms with E-state index in [4.69, 9.17) is 4.74 Å². The smallest absolute Gasteiger partial charge is 0.224 e. The highest BCUT2D eigenvalue weighted by Gasteiger charge is 2.26. The van der Waals surface area contributed by atoms with Crippen molar-refractivity contribution in [3.05, 3.63) is 47.5 Å². The van der Waals surface area contributed by atoms with Crippen LogP contribution in [0.5, 0.6) is 5.75 Å². The first-order chi connectivity index (χ1) is 11.6. The van der Waals surface area contributed by atoms with Crippen molar-refractivity contribution in [3.8, 4) is 5.75 Å². The quantitative estimate of drug-likeness (QED) is 0.918. The molecule has 2 atom stereocenters. The van der Waals surface area contributed by atoms with Crippen LogP contribution in [0.3, 0.4) is 0 Å². The molecule has 1 N–H and O–H groups in total. The van der Waals surface area contributed by atoms with E-state index in [9.17, 15) is 4.79 Å². The number of imidazole rings is 1. The lowest BCUT2D eigenvalue weighted by atomic mass is 9.95. The number of hydrogen-bond acceptors (Lipinski definition) is 3. The van der Waals surface area contributed by atoms with E-state index in [1.165, 1.54) is 0 Å². The molecule has 1 aromatic heterocycles. The summed E-state index contributed by atoms with van der Waals surface area (Å²) in [5, 5.41) is 3.16. The SMILES string of the molecule is CCOc1ccc(C)cc1C(C)NC(=O)C1CCn2ccnc2C1. The molecule has 0 aliphatic carbocycles. The molecule has 0 radical (unpaired) electrons. The highest BCUT2D eigenvalue weighted by Crippen LogP contribution is 2.27. The first-order valence-corrected chi connectivity index (χ1v) is 8.62. The summed E-state index contributed by atoms with van der Waals surface area (Å²) in [5.74, 6) is 1.93. The number of nitrogens with zero attached hydrogens (tertiary/aromatic N) is 2. The fourth-order valence-electron chi connectivity index (χ4n) is 3.28. The van der Waals surface area contributed by atoms with Crippen molar-refractivity contribution in [2.24, 2.45) is 5.92 Å². The van der Waals surface area contributed by atoms with Gasteiger partial charge in [-0.3, -0.25) is 4.79 Å². The summed E-state index contributed by atoms with van der Waals surface area (Å²) in [5.41, 5.74) is 2.19. The third-order valence-electron chi connectivity index (χ3n) is 4.61. The van der Waals surface area contributed by atoms with E-state index in [2.05, 4.69) is 27.9 Å². The Hall–Kier alpha value is -2.30. The van der Waals surface area contributed by atoms with Crippen molar-refractivity contribution >= 4 is 5.91 Å². The summed E-state index contributed by atoms with van der Waals surface area (Å²) < 4.78 is 7.84. The molecule has 128 valence electrons. The van der Waals surface area contributed by atoms with Gasteiger partial charge in [0.25, 0.3) is 0 Å². The summed E-state index contributed by atoms with van der Waals surface area (Å²) in [6, 6.07) is 6.02. The molecular formula is C19H25N3O2. The number of aryl methyl sites for hydroxylation is 2. The van der Waals surface area contributed by atoms with Crippen LogP contribution in [-0.2, 0) is 17.8 Å². The van der Waals surface area contributed by atoms with Gasteiger partial charge in [-0.15, -0.1) is 0 Å². The van der Waals surface area contributed by atoms with Crippen molar-refractivity contribution in [2.45, 2.75) is 46.2 Å². The fourth-order valence-corrected chi connectivity index (χ4v) is 3.28. The Morgan fingerprint density at radius 2 is 2.33 bits per heavy atom. The number of carbonyl (C=O) groups excluding carboxylic acids is 1. The number of amides is 1. The number of hydrogen-bond donors (Lipinski definition) is 1. The standard InChI is InChI=1S/C19H25N3O2/c1-4-24-17-6-5-13(2)11-16(17)14(3)21-19(23)15-7-9-22-10-8-20-18(22)12-15/h5-6,8,10-11,14-15H,4,7,9,12H2,1-3H3,(H,21,23). The van der Waals surface area contributed by atoms with Gasteiger partial charge in [0.2, 0.25) is 5.91 Å². The summed E-state index contributed by atoms with van der Waals surface area (Å²) >= 11 is 0. The van der Waals surface area contributed by atoms with E-state index in [0.717, 1.165) is 35.7 Å². The lowest BCUT2D eigenvalue weighted by Gasteiger charge is -2.25. The van der Waals surface area contributed by atoms with E-state index >= 15 is 0 Å². The molecular weight excluding hydrogens is 302 g/mol. The monoisotopic (exact) mass is 327 g/mol. The third-order valence-corrected chi connectivity index (χ3v) is 4.61. The second-order valence-corrected chi connectivity index (χ2v) is 6.43. The van der Waals surface area contributed by atoms with Crippen LogP contribution in [0, 0.1) is 12.8 Å². The second-order valence-electron chi connectivity index (χ2n) is 6.43. The van der Waals surface area contributed by atoms with Crippen molar-refractivity contribution in [2.75, 3.05) is 6.61 Å². The maximum atomic E-state index is 12.7. The molecule has 0 fully saturated rings. The third kappa shape index (κ3) is 3.45. The minimum absolute atomic E-state index is 0.0114. The van der Waals surface area contributed by atoms with E-state index in [0.29, 0.717) is 13.0 Å². The van der Waals surface area contributed by atoms with Crippen LogP contribution in [0.2, 0.25) is 0 Å². The van der Waals surface area contributed by atoms with Crippen molar-refractivity contribution in [1.29, 1.82) is 0 Å². The number of benzene rings is 1. The number of carbonyl (C=O) groups is 1. The Balaban J connectivity index is 1.70. The van der Waals surface area contributed by atoms with E-state index in [1.807, 2.05) is 32.2 Å². The Bertz CT molecular complexity index is 723. The molecule has 1 aliphatic rings. The first kappa shape index (κ1) is 16.6. The van der Waals surface area contributed by atoms with Gasteiger partial charge in [0.1, 0.15) is 11.6 Å². The normalized spacial score (nSPS) is 17.9. The maximum Gasteiger partial charge on any atom is 0.224 e. The molecule has 5 nitrogen and oxygen atoms in total. The van der Waals surface area contributed by atoms with Crippen LogP contribution in [0.1, 0.15) is 43.3 Å². The number of aromatic nitrogens is 2. The largest absolute Gasteiger partial charge is 0.494 e. The molecule has 1 aromatic carbocycles. The van der Waals surface area contributed by atoms with Gasteiger partial charge in [-0.2, -0.15) is 0 Å². The minimum Gasteiger partial charge on any atom is -0.494 e. The summed E-state index contributed by atoms with van der Waals surface area (Å²) in [7, 11) is 0. The van der Waals surface area contributed by atoms with Crippen molar-refractivity contribution in [3.63, 3.8) is 0 Å². The van der Waals surface area contributed by atoms with Gasteiger partial charge in [0, 0.05) is 36.8 Å². The zero-order chi connectivity index (χ0) is 17.1. The van der Waals surface area contributed by atoms with Gasteiger partial charge in [-0.25, -0.2) is 4.98 Å². The molecule has 0 bridgehead atoms. The molecule has 0 spiro atoms. The summed E-state index contributed by atoms with van der Waals surface area (Å²) in [6.07, 6.45) is 5.35. The molecule has 1 aliphatic heterocycles. The van der Waals surface area contributed by atoms with Gasteiger partial charge in [0.15, 0.2) is 0 Å². The average molecular weight is 327 g/mol. The summed E-state index contributed by atoms with van der Waals surface area (Å²) in [4.78, 5) is 17.0. The predicted octanol–water partition coefficient (Wildman–Crippen LogP) is 3.03. The summed E-state index contributed by atoms with van der Waals surface area (Å²) in [6.45, 7) is 7.50.